The Kier molecular flexibility index (Phi) is 3.24. The fourth-order valence-electron chi connectivity index (χ4n) is 3.57. The number of pyridine rings is 1. The fourth-order valence-corrected chi connectivity index (χ4v) is 3.57. The van der Waals surface area contributed by atoms with E-state index in [1.807, 2.05) is 36.3 Å². The van der Waals surface area contributed by atoms with Crippen LogP contribution in [0, 0.1) is 6.92 Å². The second kappa shape index (κ2) is 5.62. The predicted octanol–water partition coefficient (Wildman–Crippen LogP) is 1.79. The maximum atomic E-state index is 4.70. The van der Waals surface area contributed by atoms with Crippen molar-refractivity contribution in [2.75, 3.05) is 11.4 Å². The first-order chi connectivity index (χ1) is 12.7. The summed E-state index contributed by atoms with van der Waals surface area (Å²) in [7, 11) is 1.95. The van der Waals surface area contributed by atoms with Gasteiger partial charge < -0.3 is 4.90 Å². The molecule has 5 heterocycles. The van der Waals surface area contributed by atoms with Crippen molar-refractivity contribution in [3.05, 3.63) is 53.7 Å². The molecule has 0 atom stereocenters. The molecule has 0 radical (unpaired) electrons. The van der Waals surface area contributed by atoms with Gasteiger partial charge in [0.15, 0.2) is 11.5 Å². The zero-order valence-electron chi connectivity index (χ0n) is 14.7. The molecule has 130 valence electrons. The van der Waals surface area contributed by atoms with E-state index in [0.717, 1.165) is 53.5 Å². The van der Waals surface area contributed by atoms with Crippen LogP contribution in [-0.2, 0) is 20.0 Å². The quantitative estimate of drug-likeness (QED) is 0.551. The zero-order valence-corrected chi connectivity index (χ0v) is 14.7. The van der Waals surface area contributed by atoms with Gasteiger partial charge in [-0.15, -0.1) is 15.3 Å². The predicted molar refractivity (Wildman–Crippen MR) is 96.7 cm³/mol. The van der Waals surface area contributed by atoms with Crippen LogP contribution in [0.3, 0.4) is 0 Å². The molecule has 26 heavy (non-hydrogen) atoms. The molecule has 0 fully saturated rings. The highest BCUT2D eigenvalue weighted by molar-refractivity contribution is 5.61. The molecule has 0 spiro atoms. The van der Waals surface area contributed by atoms with Gasteiger partial charge in [-0.25, -0.2) is 0 Å². The van der Waals surface area contributed by atoms with Crippen LogP contribution < -0.4 is 4.90 Å². The van der Waals surface area contributed by atoms with Crippen LogP contribution in [0.1, 0.15) is 16.8 Å². The number of aromatic nitrogens is 7. The molecule has 4 aromatic heterocycles. The van der Waals surface area contributed by atoms with E-state index in [1.54, 1.807) is 10.8 Å². The summed E-state index contributed by atoms with van der Waals surface area (Å²) in [4.78, 5) is 6.99. The van der Waals surface area contributed by atoms with E-state index in [2.05, 4.69) is 33.2 Å². The average Bonchev–Trinajstić information content (AvgIpc) is 3.28. The standard InChI is InChI=1S/C18H18N8/c1-12-7-17-22-20-11-26(17)23-18(12)25-6-4-15-14(10-25)8-13(9-19-15)16-3-5-21-24(16)2/h3,5,7-9,11H,4,6,10H2,1-2H3. The lowest BCUT2D eigenvalue weighted by Crippen LogP contribution is -2.32. The molecule has 5 rings (SSSR count). The Hall–Kier alpha value is -3.29. The van der Waals surface area contributed by atoms with Crippen LogP contribution in [-0.4, -0.2) is 41.1 Å². The number of aryl methyl sites for hydroxylation is 2. The highest BCUT2D eigenvalue weighted by Gasteiger charge is 2.21. The summed E-state index contributed by atoms with van der Waals surface area (Å²) in [6, 6.07) is 6.25. The van der Waals surface area contributed by atoms with Crippen molar-refractivity contribution in [1.29, 1.82) is 0 Å². The highest BCUT2D eigenvalue weighted by atomic mass is 15.4. The second-order valence-corrected chi connectivity index (χ2v) is 6.63. The Morgan fingerprint density at radius 3 is 2.96 bits per heavy atom. The van der Waals surface area contributed by atoms with E-state index in [-0.39, 0.29) is 0 Å². The summed E-state index contributed by atoms with van der Waals surface area (Å²) in [5.41, 5.74) is 6.42. The van der Waals surface area contributed by atoms with Crippen molar-refractivity contribution in [3.8, 4) is 11.3 Å². The first kappa shape index (κ1) is 15.0. The van der Waals surface area contributed by atoms with E-state index >= 15 is 0 Å². The summed E-state index contributed by atoms with van der Waals surface area (Å²) >= 11 is 0. The van der Waals surface area contributed by atoms with Crippen molar-refractivity contribution in [2.24, 2.45) is 7.05 Å². The molecule has 1 aliphatic heterocycles. The van der Waals surface area contributed by atoms with Crippen LogP contribution in [0.4, 0.5) is 5.82 Å². The topological polar surface area (TPSA) is 77.0 Å². The molecule has 0 aliphatic carbocycles. The molecule has 0 N–H and O–H groups in total. The maximum absolute atomic E-state index is 4.70. The van der Waals surface area contributed by atoms with Crippen molar-refractivity contribution in [1.82, 2.24) is 34.6 Å². The molecule has 0 saturated heterocycles. The van der Waals surface area contributed by atoms with Crippen molar-refractivity contribution in [2.45, 2.75) is 19.9 Å². The van der Waals surface area contributed by atoms with Crippen LogP contribution in [0.2, 0.25) is 0 Å². The van der Waals surface area contributed by atoms with Crippen LogP contribution in [0.5, 0.6) is 0 Å². The van der Waals surface area contributed by atoms with E-state index in [4.69, 9.17) is 10.1 Å². The molecule has 1 aliphatic rings. The van der Waals surface area contributed by atoms with Gasteiger partial charge >= 0.3 is 0 Å². The van der Waals surface area contributed by atoms with Gasteiger partial charge in [0.1, 0.15) is 6.33 Å². The molecule has 0 saturated carbocycles. The molecule has 0 unspecified atom stereocenters. The molecule has 0 bridgehead atoms. The number of nitrogens with zero attached hydrogens (tertiary/aromatic N) is 8. The smallest absolute Gasteiger partial charge is 0.177 e. The Bertz CT molecular complexity index is 1110. The fraction of sp³-hybridized carbons (Fsp3) is 0.278. The van der Waals surface area contributed by atoms with Crippen molar-refractivity contribution < 1.29 is 0 Å². The number of fused-ring (bicyclic) bond motifs is 2. The SMILES string of the molecule is Cc1cc2nncn2nc1N1CCc2ncc(-c3ccnn3C)cc2C1. The van der Waals surface area contributed by atoms with Crippen LogP contribution in [0.25, 0.3) is 16.9 Å². The van der Waals surface area contributed by atoms with Gasteiger partial charge in [0.2, 0.25) is 0 Å². The normalized spacial score (nSPS) is 14.0. The van der Waals surface area contributed by atoms with Crippen molar-refractivity contribution >= 4 is 11.5 Å². The molecule has 8 nitrogen and oxygen atoms in total. The Balaban J connectivity index is 1.52. The first-order valence-electron chi connectivity index (χ1n) is 8.58. The third-order valence-corrected chi connectivity index (χ3v) is 4.91. The monoisotopic (exact) mass is 346 g/mol. The number of hydrogen-bond donors (Lipinski definition) is 0. The van der Waals surface area contributed by atoms with Gasteiger partial charge in [-0.1, -0.05) is 0 Å². The Labute approximate surface area is 150 Å². The molecular weight excluding hydrogens is 328 g/mol. The largest absolute Gasteiger partial charge is 0.350 e. The lowest BCUT2D eigenvalue weighted by Gasteiger charge is -2.30. The lowest BCUT2D eigenvalue weighted by atomic mass is 10.0. The van der Waals surface area contributed by atoms with Gasteiger partial charge in [-0.2, -0.15) is 9.61 Å². The van der Waals surface area contributed by atoms with Crippen LogP contribution >= 0.6 is 0 Å². The van der Waals surface area contributed by atoms with Gasteiger partial charge in [0, 0.05) is 50.2 Å². The van der Waals surface area contributed by atoms with Gasteiger partial charge in [0.05, 0.1) is 5.69 Å². The van der Waals surface area contributed by atoms with Crippen molar-refractivity contribution in [3.63, 3.8) is 0 Å². The summed E-state index contributed by atoms with van der Waals surface area (Å²) in [5.74, 6) is 0.967. The average molecular weight is 346 g/mol. The molecule has 0 amide bonds. The molecule has 4 aromatic rings. The number of rotatable bonds is 2. The van der Waals surface area contributed by atoms with Gasteiger partial charge in [-0.3, -0.25) is 9.67 Å². The Morgan fingerprint density at radius 1 is 1.19 bits per heavy atom. The van der Waals surface area contributed by atoms with Gasteiger partial charge in [-0.05, 0) is 36.2 Å². The summed E-state index contributed by atoms with van der Waals surface area (Å²) in [6.45, 7) is 3.75. The summed E-state index contributed by atoms with van der Waals surface area (Å²) in [6.07, 6.45) is 6.29. The minimum absolute atomic E-state index is 0.767. The summed E-state index contributed by atoms with van der Waals surface area (Å²) in [5, 5.41) is 16.9. The van der Waals surface area contributed by atoms with Crippen LogP contribution in [0.15, 0.2) is 36.9 Å². The maximum Gasteiger partial charge on any atom is 0.177 e. The summed E-state index contributed by atoms with van der Waals surface area (Å²) < 4.78 is 3.60. The zero-order chi connectivity index (χ0) is 17.7. The third-order valence-electron chi connectivity index (χ3n) is 4.91. The van der Waals surface area contributed by atoms with E-state index in [9.17, 15) is 0 Å². The molecule has 0 aromatic carbocycles. The van der Waals surface area contributed by atoms with Gasteiger partial charge in [0.25, 0.3) is 0 Å². The van der Waals surface area contributed by atoms with E-state index in [1.165, 1.54) is 5.56 Å². The molecule has 8 heteroatoms. The minimum Gasteiger partial charge on any atom is -0.350 e. The molecular formula is C18H18N8. The van der Waals surface area contributed by atoms with E-state index < -0.39 is 0 Å². The lowest BCUT2D eigenvalue weighted by molar-refractivity contribution is 0.688. The second-order valence-electron chi connectivity index (χ2n) is 6.63. The number of anilines is 1. The third kappa shape index (κ3) is 2.33. The highest BCUT2D eigenvalue weighted by Crippen LogP contribution is 2.27. The number of hydrogen-bond acceptors (Lipinski definition) is 6. The Morgan fingerprint density at radius 2 is 2.12 bits per heavy atom. The van der Waals surface area contributed by atoms with E-state index in [0.29, 0.717) is 0 Å². The first-order valence-corrected chi connectivity index (χ1v) is 8.58. The minimum atomic E-state index is 0.767.